The predicted molar refractivity (Wildman–Crippen MR) is 240 cm³/mol. The van der Waals surface area contributed by atoms with Gasteiger partial charge in [-0.15, -0.1) is 0 Å². The highest BCUT2D eigenvalue weighted by Gasteiger charge is 2.36. The number of benzene rings is 2. The van der Waals surface area contributed by atoms with Crippen LogP contribution in [0.1, 0.15) is 241 Å². The third-order valence-electron chi connectivity index (χ3n) is 12.1. The average molecular weight is 737 g/mol. The second-order valence-electron chi connectivity index (χ2n) is 16.8. The summed E-state index contributed by atoms with van der Waals surface area (Å²) in [6.45, 7) is 18.6. The van der Waals surface area contributed by atoms with Gasteiger partial charge < -0.3 is 5.53 Å². The maximum Gasteiger partial charge on any atom is 0.211 e. The van der Waals surface area contributed by atoms with E-state index in [9.17, 15) is 5.53 Å². The summed E-state index contributed by atoms with van der Waals surface area (Å²) in [7, 11) is 0. The summed E-state index contributed by atoms with van der Waals surface area (Å²) in [5, 5.41) is 0. The molecule has 0 atom stereocenters. The standard InChI is InChI=1S/C52H84N2/c1-9-17-25-26-27-28-36-50-49(35-24-16-8)51(45-37-41(29-18-10-2)47(33-22-14-6)42(38-45)30-19-11-3)54(53)52(50)46-39-43(31-20-12-4)48(34-23-15-7)44(40-46)32-21-13-5/h37-40H,9-36H2,1-8H3. The maximum absolute atomic E-state index is 12.9. The molecule has 0 N–H and O–H groups in total. The van der Waals surface area contributed by atoms with Gasteiger partial charge in [-0.3, -0.25) is 0 Å². The molecule has 2 heteroatoms. The number of unbranched alkanes of at least 4 members (excludes halogenated alkanes) is 12. The molecule has 0 bridgehead atoms. The largest absolute Gasteiger partial charge is 0.493 e. The van der Waals surface area contributed by atoms with E-state index in [4.69, 9.17) is 0 Å². The zero-order chi connectivity index (χ0) is 39.1. The van der Waals surface area contributed by atoms with Gasteiger partial charge in [0.25, 0.3) is 0 Å². The molecule has 0 saturated carbocycles. The number of hydrogen-bond donors (Lipinski definition) is 0. The van der Waals surface area contributed by atoms with E-state index in [-0.39, 0.29) is 0 Å². The van der Waals surface area contributed by atoms with E-state index < -0.39 is 0 Å². The zero-order valence-corrected chi connectivity index (χ0v) is 37.0. The molecule has 302 valence electrons. The fraction of sp³-hybridized carbons (Fsp3) is 0.692. The van der Waals surface area contributed by atoms with Crippen LogP contribution >= 0.6 is 0 Å². The quantitative estimate of drug-likeness (QED) is 0.0564. The average Bonchev–Trinajstić information content (AvgIpc) is 3.46. The van der Waals surface area contributed by atoms with E-state index in [1.165, 1.54) is 151 Å². The van der Waals surface area contributed by atoms with Crippen molar-refractivity contribution in [2.24, 2.45) is 0 Å². The highest BCUT2D eigenvalue weighted by Crippen LogP contribution is 2.46. The van der Waals surface area contributed by atoms with Crippen molar-refractivity contribution in [1.29, 1.82) is 0 Å². The molecule has 2 aromatic carbocycles. The fourth-order valence-electron chi connectivity index (χ4n) is 8.80. The number of aryl methyl sites for hydroxylation is 4. The first kappa shape index (κ1) is 45.9. The highest BCUT2D eigenvalue weighted by molar-refractivity contribution is 5.83. The summed E-state index contributed by atoms with van der Waals surface area (Å²) in [4.78, 5) is 0. The molecule has 1 heterocycles. The lowest BCUT2D eigenvalue weighted by Gasteiger charge is -2.20. The molecule has 0 radical (unpaired) electrons. The van der Waals surface area contributed by atoms with Gasteiger partial charge in [-0.1, -0.05) is 132 Å². The summed E-state index contributed by atoms with van der Waals surface area (Å²) >= 11 is 0. The molecule has 0 aromatic heterocycles. The van der Waals surface area contributed by atoms with Gasteiger partial charge in [-0.05, 0) is 160 Å². The van der Waals surface area contributed by atoms with Crippen molar-refractivity contribution in [3.8, 4) is 0 Å². The van der Waals surface area contributed by atoms with Crippen LogP contribution in [0.2, 0.25) is 0 Å². The van der Waals surface area contributed by atoms with Gasteiger partial charge in [0.1, 0.15) is 0 Å². The number of allylic oxidation sites excluding steroid dienone is 2. The summed E-state index contributed by atoms with van der Waals surface area (Å²) in [5.41, 5.74) is 29.8. The van der Waals surface area contributed by atoms with Crippen molar-refractivity contribution in [3.05, 3.63) is 85.5 Å². The lowest BCUT2D eigenvalue weighted by Crippen LogP contribution is -2.09. The third kappa shape index (κ3) is 13.3. The van der Waals surface area contributed by atoms with Crippen molar-refractivity contribution >= 4 is 11.4 Å². The fourth-order valence-corrected chi connectivity index (χ4v) is 8.80. The Labute approximate surface area is 335 Å². The summed E-state index contributed by atoms with van der Waals surface area (Å²) in [6, 6.07) is 10.1. The highest BCUT2D eigenvalue weighted by atomic mass is 15.2. The van der Waals surface area contributed by atoms with Gasteiger partial charge in [-0.25, -0.2) is 4.70 Å². The van der Waals surface area contributed by atoms with Crippen molar-refractivity contribution in [3.63, 3.8) is 0 Å². The Bertz CT molecular complexity index is 1410. The van der Waals surface area contributed by atoms with Crippen LogP contribution in [-0.2, 0) is 38.5 Å². The van der Waals surface area contributed by atoms with Crippen LogP contribution < -0.4 is 0 Å². The van der Waals surface area contributed by atoms with E-state index in [0.717, 1.165) is 62.8 Å². The Morgan fingerprint density at radius 2 is 0.611 bits per heavy atom. The van der Waals surface area contributed by atoms with Crippen LogP contribution in [0.25, 0.3) is 16.9 Å². The minimum absolute atomic E-state index is 1.03. The van der Waals surface area contributed by atoms with Gasteiger partial charge in [0, 0.05) is 22.3 Å². The van der Waals surface area contributed by atoms with Crippen LogP contribution in [0.3, 0.4) is 0 Å². The Kier molecular flexibility index (Phi) is 22.4. The smallest absolute Gasteiger partial charge is 0.211 e. The van der Waals surface area contributed by atoms with Gasteiger partial charge in [0.2, 0.25) is 11.4 Å². The Balaban J connectivity index is 2.34. The molecule has 0 spiro atoms. The Morgan fingerprint density at radius 1 is 0.333 bits per heavy atom. The zero-order valence-electron chi connectivity index (χ0n) is 37.0. The molecule has 1 aliphatic rings. The molecule has 1 aliphatic heterocycles. The molecule has 54 heavy (non-hydrogen) atoms. The van der Waals surface area contributed by atoms with Crippen LogP contribution in [0.15, 0.2) is 35.4 Å². The topological polar surface area (TPSA) is 25.3 Å². The first-order valence-electron chi connectivity index (χ1n) is 23.7. The molecular weight excluding hydrogens is 653 g/mol. The van der Waals surface area contributed by atoms with Gasteiger partial charge in [-0.2, -0.15) is 0 Å². The molecule has 0 amide bonds. The first-order chi connectivity index (χ1) is 26.4. The summed E-state index contributed by atoms with van der Waals surface area (Å²) in [6.07, 6.45) is 33.7. The van der Waals surface area contributed by atoms with Crippen molar-refractivity contribution < 1.29 is 4.70 Å². The Hall–Kier alpha value is -2.48. The van der Waals surface area contributed by atoms with Crippen molar-refractivity contribution in [2.75, 3.05) is 0 Å². The summed E-state index contributed by atoms with van der Waals surface area (Å²) < 4.78 is 1.72. The van der Waals surface area contributed by atoms with Crippen molar-refractivity contribution in [2.45, 2.75) is 235 Å². The number of nitrogens with zero attached hydrogens (tertiary/aromatic N) is 2. The molecular formula is C52H84N2. The van der Waals surface area contributed by atoms with E-state index in [1.807, 2.05) is 0 Å². The maximum atomic E-state index is 12.9. The van der Waals surface area contributed by atoms with Gasteiger partial charge in [0.15, 0.2) is 0 Å². The van der Waals surface area contributed by atoms with Crippen LogP contribution in [0, 0.1) is 0 Å². The molecule has 2 nitrogen and oxygen atoms in total. The van der Waals surface area contributed by atoms with Crippen LogP contribution in [0.5, 0.6) is 0 Å². The normalized spacial score (nSPS) is 13.3. The summed E-state index contributed by atoms with van der Waals surface area (Å²) in [5.74, 6) is 0. The Morgan fingerprint density at radius 3 is 0.963 bits per heavy atom. The molecule has 0 aliphatic carbocycles. The van der Waals surface area contributed by atoms with E-state index >= 15 is 0 Å². The minimum atomic E-state index is 1.03. The molecule has 0 unspecified atom stereocenters. The first-order valence-corrected chi connectivity index (χ1v) is 23.7. The lowest BCUT2D eigenvalue weighted by molar-refractivity contribution is -0.345. The monoisotopic (exact) mass is 737 g/mol. The second-order valence-corrected chi connectivity index (χ2v) is 16.8. The molecule has 2 aromatic rings. The lowest BCUT2D eigenvalue weighted by atomic mass is 9.86. The van der Waals surface area contributed by atoms with E-state index in [0.29, 0.717) is 0 Å². The number of hydrogen-bond acceptors (Lipinski definition) is 0. The molecule has 3 rings (SSSR count). The second kappa shape index (κ2) is 26.4. The van der Waals surface area contributed by atoms with E-state index in [2.05, 4.69) is 79.7 Å². The van der Waals surface area contributed by atoms with Crippen LogP contribution in [-0.4, -0.2) is 4.70 Å². The van der Waals surface area contributed by atoms with Gasteiger partial charge >= 0.3 is 0 Å². The predicted octanol–water partition coefficient (Wildman–Crippen LogP) is 16.9. The third-order valence-corrected chi connectivity index (χ3v) is 12.1. The van der Waals surface area contributed by atoms with E-state index in [1.54, 1.807) is 38.1 Å². The molecule has 0 saturated heterocycles. The minimum Gasteiger partial charge on any atom is -0.493 e. The molecule has 0 fully saturated rings. The SMILES string of the molecule is CCCCCCCCC1=C(c2cc(CCCC)c(CCCC)c(CCCC)c2)[N+](=[N-])C(c2cc(CCCC)c(CCCC)c(CCCC)c2)=C1CCCC. The van der Waals surface area contributed by atoms with Crippen molar-refractivity contribution in [1.82, 2.24) is 0 Å². The van der Waals surface area contributed by atoms with Gasteiger partial charge in [0.05, 0.1) is 0 Å². The number of rotatable bonds is 30. The van der Waals surface area contributed by atoms with Crippen LogP contribution in [0.4, 0.5) is 0 Å².